The first-order valence-corrected chi connectivity index (χ1v) is 9.25. The summed E-state index contributed by atoms with van der Waals surface area (Å²) >= 11 is 3.39. The van der Waals surface area contributed by atoms with Crippen LogP contribution in [0, 0.1) is 0 Å². The summed E-state index contributed by atoms with van der Waals surface area (Å²) in [4.78, 5) is 0. The Labute approximate surface area is 137 Å². The van der Waals surface area contributed by atoms with Crippen LogP contribution in [0.15, 0.2) is 51.5 Å². The summed E-state index contributed by atoms with van der Waals surface area (Å²) < 4.78 is 1.54. The van der Waals surface area contributed by atoms with E-state index in [2.05, 4.69) is 53.3 Å². The maximum absolute atomic E-state index is 3.39. The van der Waals surface area contributed by atoms with Gasteiger partial charge in [0, 0.05) is 0 Å². The Morgan fingerprint density at radius 2 is 1.43 bits per heavy atom. The van der Waals surface area contributed by atoms with Crippen LogP contribution in [-0.2, 0) is 0 Å². The van der Waals surface area contributed by atoms with E-state index in [0.717, 1.165) is 0 Å². The molecule has 0 aliphatic heterocycles. The van der Waals surface area contributed by atoms with E-state index in [1.54, 1.807) is 21.2 Å². The van der Waals surface area contributed by atoms with E-state index in [1.807, 2.05) is 0 Å². The summed E-state index contributed by atoms with van der Waals surface area (Å²) in [5.41, 5.74) is 6.56. The molecule has 0 nitrogen and oxygen atoms in total. The molecule has 0 aromatic heterocycles. The van der Waals surface area contributed by atoms with Crippen molar-refractivity contribution in [2.75, 3.05) is 0 Å². The van der Waals surface area contributed by atoms with Crippen LogP contribution < -0.4 is 0 Å². The predicted octanol–water partition coefficient (Wildman–Crippen LogP) is 5.66. The van der Waals surface area contributed by atoms with Crippen molar-refractivity contribution in [3.05, 3.63) is 57.1 Å². The van der Waals surface area contributed by atoms with E-state index in [0.29, 0.717) is 5.92 Å². The topological polar surface area (TPSA) is 0 Å². The second-order valence-corrected chi connectivity index (χ2v) is 7.55. The summed E-state index contributed by atoms with van der Waals surface area (Å²) in [6.45, 7) is 2.37. The molecule has 1 aromatic carbocycles. The fourth-order valence-electron chi connectivity index (χ4n) is 3.93. The molecule has 1 unspecified atom stereocenters. The van der Waals surface area contributed by atoms with E-state index in [9.17, 15) is 0 Å². The van der Waals surface area contributed by atoms with E-state index >= 15 is 0 Å². The molecule has 0 amide bonds. The number of rotatable bonds is 3. The molecule has 0 N–H and O–H groups in total. The quantitative estimate of drug-likeness (QED) is 0.490. The molecule has 0 saturated heterocycles. The second-order valence-electron chi connectivity index (χ2n) is 6.51. The minimum atomic E-state index is 0.544. The van der Waals surface area contributed by atoms with Crippen LogP contribution in [-0.4, -0.2) is 16.0 Å². The molecule has 1 aromatic rings. The zero-order valence-electron chi connectivity index (χ0n) is 13.0. The average molecular weight is 344 g/mol. The van der Waals surface area contributed by atoms with Crippen molar-refractivity contribution in [3.63, 3.8) is 0 Å². The standard InChI is InChI=1S/C20H25Se/c1-15-9-5-6-12-17(15)20(16-10-3-2-4-11-16)18-13-7-8-14-19(18)21/h2-4,10-11,20H,5-9,12-14H2,1H3. The van der Waals surface area contributed by atoms with Gasteiger partial charge in [-0.15, -0.1) is 0 Å². The Bertz CT molecular complexity index is 518. The average Bonchev–Trinajstić information content (AvgIpc) is 2.52. The van der Waals surface area contributed by atoms with Gasteiger partial charge in [0.1, 0.15) is 0 Å². The molecular weight excluding hydrogens is 319 g/mol. The van der Waals surface area contributed by atoms with Gasteiger partial charge >= 0.3 is 137 Å². The van der Waals surface area contributed by atoms with E-state index in [4.69, 9.17) is 0 Å². The Hall–Kier alpha value is -0.781. The first-order valence-electron chi connectivity index (χ1n) is 8.40. The molecule has 1 atom stereocenters. The summed E-state index contributed by atoms with van der Waals surface area (Å²) in [6.07, 6.45) is 10.6. The third-order valence-electron chi connectivity index (χ3n) is 5.08. The maximum atomic E-state index is 3.39. The fourth-order valence-corrected chi connectivity index (χ4v) is 4.70. The zero-order chi connectivity index (χ0) is 14.7. The molecule has 1 radical (unpaired) electrons. The molecule has 0 spiro atoms. The van der Waals surface area contributed by atoms with Crippen molar-refractivity contribution in [3.8, 4) is 0 Å². The van der Waals surface area contributed by atoms with Crippen molar-refractivity contribution >= 4 is 16.0 Å². The number of allylic oxidation sites excluding steroid dienone is 4. The number of hydrogen-bond acceptors (Lipinski definition) is 0. The molecule has 0 fully saturated rings. The molecule has 111 valence electrons. The molecule has 0 saturated carbocycles. The van der Waals surface area contributed by atoms with Crippen molar-refractivity contribution in [1.82, 2.24) is 0 Å². The monoisotopic (exact) mass is 345 g/mol. The fraction of sp³-hybridized carbons (Fsp3) is 0.500. The van der Waals surface area contributed by atoms with Gasteiger partial charge in [-0.2, -0.15) is 0 Å². The van der Waals surface area contributed by atoms with E-state index < -0.39 is 0 Å². The van der Waals surface area contributed by atoms with Gasteiger partial charge in [-0.1, -0.05) is 0 Å². The van der Waals surface area contributed by atoms with E-state index in [1.165, 1.54) is 56.9 Å². The SMILES string of the molecule is CC1=C(C(C2=C([Se])CCCC2)c2ccccc2)CCCC1. The number of hydrogen-bond donors (Lipinski definition) is 0. The van der Waals surface area contributed by atoms with E-state index in [-0.39, 0.29) is 0 Å². The third kappa shape index (κ3) is 3.35. The summed E-state index contributed by atoms with van der Waals surface area (Å²) in [5.74, 6) is 0.544. The molecule has 0 bridgehead atoms. The Morgan fingerprint density at radius 3 is 2.10 bits per heavy atom. The van der Waals surface area contributed by atoms with Crippen LogP contribution >= 0.6 is 0 Å². The third-order valence-corrected chi connectivity index (χ3v) is 6.06. The van der Waals surface area contributed by atoms with Crippen LogP contribution in [0.1, 0.15) is 69.8 Å². The van der Waals surface area contributed by atoms with Crippen molar-refractivity contribution in [1.29, 1.82) is 0 Å². The molecule has 2 aliphatic rings. The summed E-state index contributed by atoms with van der Waals surface area (Å²) in [5, 5.41) is 0. The Morgan fingerprint density at radius 1 is 0.810 bits per heavy atom. The predicted molar refractivity (Wildman–Crippen MR) is 91.6 cm³/mol. The van der Waals surface area contributed by atoms with Crippen LogP contribution in [0.2, 0.25) is 0 Å². The van der Waals surface area contributed by atoms with Gasteiger partial charge in [-0.25, -0.2) is 0 Å². The molecule has 3 rings (SSSR count). The van der Waals surface area contributed by atoms with Gasteiger partial charge in [-0.3, -0.25) is 0 Å². The first kappa shape index (κ1) is 15.1. The van der Waals surface area contributed by atoms with Gasteiger partial charge in [0.15, 0.2) is 0 Å². The van der Waals surface area contributed by atoms with Crippen LogP contribution in [0.5, 0.6) is 0 Å². The molecule has 1 heteroatoms. The summed E-state index contributed by atoms with van der Waals surface area (Å²) in [6, 6.07) is 11.2. The molecule has 21 heavy (non-hydrogen) atoms. The van der Waals surface area contributed by atoms with Crippen molar-refractivity contribution in [2.24, 2.45) is 0 Å². The minimum absolute atomic E-state index is 0.544. The van der Waals surface area contributed by atoms with Gasteiger partial charge in [0.05, 0.1) is 0 Å². The molecule has 2 aliphatic carbocycles. The zero-order valence-corrected chi connectivity index (χ0v) is 14.7. The normalized spacial score (nSPS) is 21.6. The van der Waals surface area contributed by atoms with Gasteiger partial charge in [0.25, 0.3) is 0 Å². The van der Waals surface area contributed by atoms with Gasteiger partial charge in [-0.05, 0) is 0 Å². The van der Waals surface area contributed by atoms with Crippen molar-refractivity contribution in [2.45, 2.75) is 64.2 Å². The van der Waals surface area contributed by atoms with Crippen LogP contribution in [0.3, 0.4) is 0 Å². The van der Waals surface area contributed by atoms with Gasteiger partial charge in [0.2, 0.25) is 0 Å². The van der Waals surface area contributed by atoms with Crippen LogP contribution in [0.4, 0.5) is 0 Å². The van der Waals surface area contributed by atoms with Crippen LogP contribution in [0.25, 0.3) is 0 Å². The Balaban J connectivity index is 2.07. The van der Waals surface area contributed by atoms with Crippen molar-refractivity contribution < 1.29 is 0 Å². The van der Waals surface area contributed by atoms with Gasteiger partial charge < -0.3 is 0 Å². The molecular formula is C20H25Se. The summed E-state index contributed by atoms with van der Waals surface area (Å²) in [7, 11) is 0. The number of benzene rings is 1. The molecule has 0 heterocycles. The second kappa shape index (κ2) is 6.99. The Kier molecular flexibility index (Phi) is 5.03. The first-order chi connectivity index (χ1) is 10.3.